The minimum Gasteiger partial charge on any atom is -0.508 e. The quantitative estimate of drug-likeness (QED) is 0.109. The summed E-state index contributed by atoms with van der Waals surface area (Å²) in [5, 5.41) is 16.2. The fraction of sp³-hybridized carbons (Fsp3) is 0.217. The van der Waals surface area contributed by atoms with Crippen molar-refractivity contribution >= 4 is 46.4 Å². The highest BCUT2D eigenvalue weighted by Gasteiger charge is 2.70. The van der Waals surface area contributed by atoms with E-state index in [-0.39, 0.29) is 30.4 Å². The van der Waals surface area contributed by atoms with E-state index in [2.05, 4.69) is 10.7 Å². The van der Waals surface area contributed by atoms with Gasteiger partial charge in [-0.2, -0.15) is 5.01 Å². The molecule has 3 fully saturated rings. The number of nitrogens with one attached hydrogen (secondary N) is 2. The van der Waals surface area contributed by atoms with Gasteiger partial charge in [0.25, 0.3) is 11.8 Å². The number of benzene rings is 5. The van der Waals surface area contributed by atoms with Gasteiger partial charge >= 0.3 is 0 Å². The number of para-hydroxylation sites is 1. The largest absolute Gasteiger partial charge is 0.508 e. The van der Waals surface area contributed by atoms with Crippen molar-refractivity contribution in [1.29, 1.82) is 0 Å². The molecule has 2 aliphatic heterocycles. The van der Waals surface area contributed by atoms with Crippen LogP contribution >= 0.6 is 0 Å². The molecular weight excluding hydrogens is 705 g/mol. The standard InChI is InChI=1S/C46H40N4O6/c1-27-13-15-31(16-14-27)48-50-43(53)38-26-37-34(41(35-22-21-33(56-2)25-39(35)51)46(38,45(50)55)28-9-5-3-6-10-28)23-24-36-40(37)44(54)49(42(36)52)32-19-17-30(18-20-32)47-29-11-7-4-8-12-29/h3-23,25,36-38,40-41,47-48,51H,24,26H2,1-2H3. The molecule has 1 saturated carbocycles. The first-order chi connectivity index (χ1) is 27.2. The molecule has 2 aliphatic carbocycles. The van der Waals surface area contributed by atoms with Crippen molar-refractivity contribution in [3.05, 3.63) is 156 Å². The topological polar surface area (TPSA) is 128 Å². The predicted molar refractivity (Wildman–Crippen MR) is 212 cm³/mol. The van der Waals surface area contributed by atoms with Gasteiger partial charge in [-0.15, -0.1) is 0 Å². The van der Waals surface area contributed by atoms with E-state index in [1.807, 2.05) is 110 Å². The molecule has 6 atom stereocenters. The Balaban J connectivity index is 1.15. The van der Waals surface area contributed by atoms with Crippen LogP contribution in [-0.2, 0) is 24.6 Å². The third-order valence-electron chi connectivity index (χ3n) is 12.1. The van der Waals surface area contributed by atoms with E-state index in [1.165, 1.54) is 18.1 Å². The number of hydrogen-bond donors (Lipinski definition) is 3. The first-order valence-corrected chi connectivity index (χ1v) is 18.8. The van der Waals surface area contributed by atoms with Gasteiger partial charge in [0.05, 0.1) is 41.7 Å². The molecule has 2 heterocycles. The number of rotatable bonds is 8. The smallest absolute Gasteiger partial charge is 0.260 e. The Hall–Kier alpha value is -6.68. The molecule has 10 nitrogen and oxygen atoms in total. The van der Waals surface area contributed by atoms with E-state index in [9.17, 15) is 19.5 Å². The zero-order valence-electron chi connectivity index (χ0n) is 30.9. The average Bonchev–Trinajstić information content (AvgIpc) is 3.60. The van der Waals surface area contributed by atoms with Gasteiger partial charge in [0.1, 0.15) is 11.5 Å². The van der Waals surface area contributed by atoms with Crippen molar-refractivity contribution in [3.8, 4) is 11.5 Å². The fourth-order valence-corrected chi connectivity index (χ4v) is 9.62. The Morgan fingerprint density at radius 3 is 2.07 bits per heavy atom. The molecule has 0 aromatic heterocycles. The van der Waals surface area contributed by atoms with E-state index in [4.69, 9.17) is 4.74 Å². The van der Waals surface area contributed by atoms with Crippen LogP contribution in [0.3, 0.4) is 0 Å². The number of phenolic OH excluding ortho intramolecular Hbond substituents is 1. The molecular formula is C46H40N4O6. The van der Waals surface area contributed by atoms with E-state index in [0.29, 0.717) is 28.3 Å². The lowest BCUT2D eigenvalue weighted by Crippen LogP contribution is -2.53. The number of methoxy groups -OCH3 is 1. The molecule has 5 aromatic rings. The molecule has 0 radical (unpaired) electrons. The monoisotopic (exact) mass is 744 g/mol. The zero-order chi connectivity index (χ0) is 38.7. The number of hydrazine groups is 1. The Kier molecular flexibility index (Phi) is 8.49. The van der Waals surface area contributed by atoms with Crippen molar-refractivity contribution in [1.82, 2.24) is 5.01 Å². The van der Waals surface area contributed by atoms with Crippen LogP contribution in [0.1, 0.15) is 35.4 Å². The minimum atomic E-state index is -1.50. The number of anilines is 4. The molecule has 56 heavy (non-hydrogen) atoms. The molecule has 4 amide bonds. The lowest BCUT2D eigenvalue weighted by atomic mass is 9.49. The maximum absolute atomic E-state index is 15.3. The van der Waals surface area contributed by atoms with Crippen molar-refractivity contribution in [2.75, 3.05) is 22.8 Å². The van der Waals surface area contributed by atoms with Gasteiger partial charge in [0.15, 0.2) is 0 Å². The predicted octanol–water partition coefficient (Wildman–Crippen LogP) is 7.64. The summed E-state index contributed by atoms with van der Waals surface area (Å²) in [5.41, 5.74) is 7.20. The van der Waals surface area contributed by atoms with Crippen LogP contribution in [-0.4, -0.2) is 40.9 Å². The van der Waals surface area contributed by atoms with Gasteiger partial charge < -0.3 is 15.2 Å². The third kappa shape index (κ3) is 5.38. The summed E-state index contributed by atoms with van der Waals surface area (Å²) in [7, 11) is 1.51. The summed E-state index contributed by atoms with van der Waals surface area (Å²) in [6, 6.07) is 38.6. The van der Waals surface area contributed by atoms with Gasteiger partial charge in [0, 0.05) is 28.9 Å². The summed E-state index contributed by atoms with van der Waals surface area (Å²) < 4.78 is 5.44. The number of carbonyl (C=O) groups excluding carboxylic acids is 4. The highest BCUT2D eigenvalue weighted by atomic mass is 16.5. The Morgan fingerprint density at radius 1 is 0.732 bits per heavy atom. The number of aryl methyl sites for hydroxylation is 1. The van der Waals surface area contributed by atoms with Gasteiger partial charge in [-0.3, -0.25) is 29.5 Å². The van der Waals surface area contributed by atoms with Crippen molar-refractivity contribution in [3.63, 3.8) is 0 Å². The normalized spacial score (nSPS) is 25.3. The number of amides is 4. The lowest BCUT2D eigenvalue weighted by molar-refractivity contribution is -0.138. The van der Waals surface area contributed by atoms with Crippen molar-refractivity contribution in [2.45, 2.75) is 31.1 Å². The van der Waals surface area contributed by atoms with Gasteiger partial charge in [-0.1, -0.05) is 83.9 Å². The van der Waals surface area contributed by atoms with Crippen LogP contribution in [0.25, 0.3) is 0 Å². The second kappa shape index (κ2) is 13.6. The molecule has 5 aromatic carbocycles. The first kappa shape index (κ1) is 35.0. The highest BCUT2D eigenvalue weighted by Crippen LogP contribution is 2.65. The fourth-order valence-electron chi connectivity index (χ4n) is 9.62. The number of phenols is 1. The summed E-state index contributed by atoms with van der Waals surface area (Å²) >= 11 is 0. The minimum absolute atomic E-state index is 0.100. The zero-order valence-corrected chi connectivity index (χ0v) is 30.9. The summed E-state index contributed by atoms with van der Waals surface area (Å²) in [6.07, 6.45) is 2.40. The van der Waals surface area contributed by atoms with E-state index >= 15 is 4.79 Å². The molecule has 0 bridgehead atoms. The van der Waals surface area contributed by atoms with Crippen LogP contribution in [0.15, 0.2) is 139 Å². The van der Waals surface area contributed by atoms with Gasteiger partial charge in [-0.05, 0) is 85.8 Å². The number of carbonyl (C=O) groups is 4. The molecule has 3 N–H and O–H groups in total. The van der Waals surface area contributed by atoms with Crippen LogP contribution in [0.5, 0.6) is 11.5 Å². The average molecular weight is 745 g/mol. The number of hydrogen-bond acceptors (Lipinski definition) is 8. The number of allylic oxidation sites excluding steroid dienone is 2. The van der Waals surface area contributed by atoms with Crippen LogP contribution in [0.4, 0.5) is 22.7 Å². The SMILES string of the molecule is COc1ccc(C2C3=CCC4C(=O)N(c5ccc(Nc6ccccc6)cc5)C(=O)C4C3CC3C(=O)N(Nc4ccc(C)cc4)C(=O)C32c2ccccc2)c(O)c1. The first-order valence-electron chi connectivity index (χ1n) is 18.8. The van der Waals surface area contributed by atoms with Crippen LogP contribution in [0, 0.1) is 30.6 Å². The van der Waals surface area contributed by atoms with Crippen molar-refractivity contribution < 1.29 is 29.0 Å². The molecule has 280 valence electrons. The van der Waals surface area contributed by atoms with E-state index in [0.717, 1.165) is 27.5 Å². The van der Waals surface area contributed by atoms with Crippen LogP contribution in [0.2, 0.25) is 0 Å². The van der Waals surface area contributed by atoms with Gasteiger partial charge in [0.2, 0.25) is 11.8 Å². The summed E-state index contributed by atoms with van der Waals surface area (Å²) in [6.45, 7) is 1.96. The molecule has 2 saturated heterocycles. The van der Waals surface area contributed by atoms with Crippen LogP contribution < -0.4 is 20.4 Å². The van der Waals surface area contributed by atoms with Crippen molar-refractivity contribution in [2.24, 2.45) is 23.7 Å². The Bertz CT molecular complexity index is 2400. The second-order valence-electron chi connectivity index (χ2n) is 15.1. The maximum Gasteiger partial charge on any atom is 0.260 e. The molecule has 6 unspecified atom stereocenters. The number of ether oxygens (including phenoxy) is 1. The molecule has 10 heteroatoms. The third-order valence-corrected chi connectivity index (χ3v) is 12.1. The Morgan fingerprint density at radius 2 is 1.39 bits per heavy atom. The molecule has 9 rings (SSSR count). The molecule has 0 spiro atoms. The number of nitrogens with zero attached hydrogens (tertiary/aromatic N) is 2. The van der Waals surface area contributed by atoms with E-state index in [1.54, 1.807) is 24.3 Å². The van der Waals surface area contributed by atoms with Gasteiger partial charge in [-0.25, -0.2) is 0 Å². The summed E-state index contributed by atoms with van der Waals surface area (Å²) in [4.78, 5) is 60.5. The molecule has 4 aliphatic rings. The highest BCUT2D eigenvalue weighted by molar-refractivity contribution is 6.22. The second-order valence-corrected chi connectivity index (χ2v) is 15.1. The number of fused-ring (bicyclic) bond motifs is 4. The Labute approximate surface area is 324 Å². The maximum atomic E-state index is 15.3. The summed E-state index contributed by atoms with van der Waals surface area (Å²) in [5.74, 6) is -5.00. The number of aromatic hydroxyl groups is 1. The van der Waals surface area contributed by atoms with E-state index < -0.39 is 46.8 Å². The lowest BCUT2D eigenvalue weighted by Gasteiger charge is -2.50. The number of imide groups is 2.